The van der Waals surface area contributed by atoms with Crippen LogP contribution in [0.15, 0.2) is 47.1 Å². The van der Waals surface area contributed by atoms with Gasteiger partial charge in [0.05, 0.1) is 18.8 Å². The number of aromatic nitrogens is 4. The van der Waals surface area contributed by atoms with Crippen LogP contribution in [0.4, 0.5) is 0 Å². The number of amides is 1. The first-order chi connectivity index (χ1) is 11.1. The van der Waals surface area contributed by atoms with Crippen LogP contribution in [-0.4, -0.2) is 26.1 Å². The molecular formula is C16H17N5O2. The number of rotatable bonds is 5. The molecule has 3 rings (SSSR count). The molecule has 0 saturated carbocycles. The SMILES string of the molecule is CC(C)n1nnc(-c2ccc(C(=O)NCc3ccco3)cc2)n1. The van der Waals surface area contributed by atoms with E-state index >= 15 is 0 Å². The maximum atomic E-state index is 12.1. The van der Waals surface area contributed by atoms with Crippen LogP contribution >= 0.6 is 0 Å². The molecule has 7 heteroatoms. The van der Waals surface area contributed by atoms with Crippen LogP contribution in [0, 0.1) is 0 Å². The van der Waals surface area contributed by atoms with Crippen molar-refractivity contribution in [3.8, 4) is 11.4 Å². The molecule has 0 spiro atoms. The van der Waals surface area contributed by atoms with Gasteiger partial charge in [0.25, 0.3) is 5.91 Å². The van der Waals surface area contributed by atoms with Crippen LogP contribution in [0.1, 0.15) is 36.0 Å². The molecule has 0 saturated heterocycles. The summed E-state index contributed by atoms with van der Waals surface area (Å²) in [7, 11) is 0. The van der Waals surface area contributed by atoms with E-state index in [1.807, 2.05) is 32.0 Å². The molecule has 3 aromatic rings. The van der Waals surface area contributed by atoms with Crippen LogP contribution in [0.25, 0.3) is 11.4 Å². The van der Waals surface area contributed by atoms with Crippen molar-refractivity contribution in [1.29, 1.82) is 0 Å². The van der Waals surface area contributed by atoms with Gasteiger partial charge in [0, 0.05) is 11.1 Å². The van der Waals surface area contributed by atoms with Gasteiger partial charge in [-0.1, -0.05) is 12.1 Å². The molecule has 0 aliphatic rings. The van der Waals surface area contributed by atoms with Gasteiger partial charge < -0.3 is 9.73 Å². The van der Waals surface area contributed by atoms with Crippen molar-refractivity contribution >= 4 is 5.91 Å². The minimum Gasteiger partial charge on any atom is -0.467 e. The minimum atomic E-state index is -0.160. The van der Waals surface area contributed by atoms with Gasteiger partial charge in [-0.25, -0.2) is 0 Å². The first kappa shape index (κ1) is 15.0. The number of benzene rings is 1. The zero-order chi connectivity index (χ0) is 16.2. The summed E-state index contributed by atoms with van der Waals surface area (Å²) in [6.07, 6.45) is 1.58. The highest BCUT2D eigenvalue weighted by Gasteiger charge is 2.10. The number of carbonyl (C=O) groups excluding carboxylic acids is 1. The van der Waals surface area contributed by atoms with Crippen LogP contribution in [-0.2, 0) is 6.54 Å². The van der Waals surface area contributed by atoms with Gasteiger partial charge in [0.15, 0.2) is 0 Å². The summed E-state index contributed by atoms with van der Waals surface area (Å²) in [5.41, 5.74) is 1.39. The summed E-state index contributed by atoms with van der Waals surface area (Å²) in [6.45, 7) is 4.33. The summed E-state index contributed by atoms with van der Waals surface area (Å²) < 4.78 is 5.18. The Bertz CT molecular complexity index is 775. The number of furan rings is 1. The lowest BCUT2D eigenvalue weighted by atomic mass is 10.1. The fourth-order valence-electron chi connectivity index (χ4n) is 2.01. The third-order valence-electron chi connectivity index (χ3n) is 3.30. The Morgan fingerprint density at radius 2 is 2.04 bits per heavy atom. The van der Waals surface area contributed by atoms with Gasteiger partial charge in [-0.2, -0.15) is 4.80 Å². The van der Waals surface area contributed by atoms with Crippen LogP contribution in [0.3, 0.4) is 0 Å². The molecule has 0 fully saturated rings. The molecule has 0 bridgehead atoms. The molecule has 0 aliphatic carbocycles. The summed E-state index contributed by atoms with van der Waals surface area (Å²) in [5.74, 6) is 1.09. The van der Waals surface area contributed by atoms with E-state index in [4.69, 9.17) is 4.42 Å². The van der Waals surface area contributed by atoms with Crippen molar-refractivity contribution in [2.45, 2.75) is 26.4 Å². The second-order valence-electron chi connectivity index (χ2n) is 5.37. The lowest BCUT2D eigenvalue weighted by Gasteiger charge is -2.04. The third-order valence-corrected chi connectivity index (χ3v) is 3.30. The summed E-state index contributed by atoms with van der Waals surface area (Å²) >= 11 is 0. The molecule has 7 nitrogen and oxygen atoms in total. The highest BCUT2D eigenvalue weighted by Crippen LogP contribution is 2.15. The van der Waals surface area contributed by atoms with Crippen molar-refractivity contribution in [3.63, 3.8) is 0 Å². The van der Waals surface area contributed by atoms with Gasteiger partial charge in [-0.05, 0) is 43.3 Å². The normalized spacial score (nSPS) is 10.9. The Balaban J connectivity index is 1.67. The largest absolute Gasteiger partial charge is 0.467 e. The number of hydrogen-bond donors (Lipinski definition) is 1. The fourth-order valence-corrected chi connectivity index (χ4v) is 2.01. The lowest BCUT2D eigenvalue weighted by molar-refractivity contribution is 0.0948. The number of nitrogens with one attached hydrogen (secondary N) is 1. The topological polar surface area (TPSA) is 85.8 Å². The van der Waals surface area contributed by atoms with Gasteiger partial charge in [-0.15, -0.1) is 10.2 Å². The first-order valence-electron chi connectivity index (χ1n) is 7.34. The van der Waals surface area contributed by atoms with E-state index in [1.54, 1.807) is 29.3 Å². The predicted octanol–water partition coefficient (Wildman–Crippen LogP) is 2.44. The smallest absolute Gasteiger partial charge is 0.251 e. The Hall–Kier alpha value is -2.96. The summed E-state index contributed by atoms with van der Waals surface area (Å²) in [5, 5.41) is 15.1. The number of carbonyl (C=O) groups is 1. The molecular weight excluding hydrogens is 294 g/mol. The second kappa shape index (κ2) is 6.43. The summed E-state index contributed by atoms with van der Waals surface area (Å²) in [6, 6.07) is 10.8. The monoisotopic (exact) mass is 311 g/mol. The lowest BCUT2D eigenvalue weighted by Crippen LogP contribution is -2.22. The van der Waals surface area contributed by atoms with Crippen LogP contribution < -0.4 is 5.32 Å². The van der Waals surface area contributed by atoms with Crippen LogP contribution in [0.2, 0.25) is 0 Å². The Kier molecular flexibility index (Phi) is 4.18. The van der Waals surface area contributed by atoms with Crippen molar-refractivity contribution < 1.29 is 9.21 Å². The maximum Gasteiger partial charge on any atom is 0.251 e. The molecule has 1 N–H and O–H groups in total. The molecule has 0 unspecified atom stereocenters. The fraction of sp³-hybridized carbons (Fsp3) is 0.250. The standard InChI is InChI=1S/C16H17N5O2/c1-11(2)21-19-15(18-20-21)12-5-7-13(8-6-12)16(22)17-10-14-4-3-9-23-14/h3-9,11H,10H2,1-2H3,(H,17,22). The Morgan fingerprint density at radius 3 is 2.65 bits per heavy atom. The molecule has 118 valence electrons. The number of hydrogen-bond acceptors (Lipinski definition) is 5. The van der Waals surface area contributed by atoms with Gasteiger partial charge in [0.1, 0.15) is 5.76 Å². The molecule has 0 radical (unpaired) electrons. The number of tetrazole rings is 1. The van der Waals surface area contributed by atoms with Crippen molar-refractivity contribution in [2.75, 3.05) is 0 Å². The zero-order valence-corrected chi connectivity index (χ0v) is 12.9. The second-order valence-corrected chi connectivity index (χ2v) is 5.37. The van der Waals surface area contributed by atoms with E-state index in [-0.39, 0.29) is 11.9 Å². The Labute approximate surface area is 133 Å². The maximum absolute atomic E-state index is 12.1. The zero-order valence-electron chi connectivity index (χ0n) is 12.9. The van der Waals surface area contributed by atoms with E-state index in [2.05, 4.69) is 20.7 Å². The van der Waals surface area contributed by atoms with E-state index in [0.717, 1.165) is 5.56 Å². The molecule has 2 heterocycles. The minimum absolute atomic E-state index is 0.155. The van der Waals surface area contributed by atoms with Crippen molar-refractivity contribution in [1.82, 2.24) is 25.5 Å². The molecule has 23 heavy (non-hydrogen) atoms. The molecule has 1 amide bonds. The molecule has 0 aliphatic heterocycles. The molecule has 1 aromatic carbocycles. The van der Waals surface area contributed by atoms with E-state index in [1.165, 1.54) is 0 Å². The van der Waals surface area contributed by atoms with Crippen LogP contribution in [0.5, 0.6) is 0 Å². The van der Waals surface area contributed by atoms with Crippen molar-refractivity contribution in [3.05, 3.63) is 54.0 Å². The first-order valence-corrected chi connectivity index (χ1v) is 7.34. The van der Waals surface area contributed by atoms with E-state index in [9.17, 15) is 4.79 Å². The predicted molar refractivity (Wildman–Crippen MR) is 83.5 cm³/mol. The highest BCUT2D eigenvalue weighted by atomic mass is 16.3. The summed E-state index contributed by atoms with van der Waals surface area (Å²) in [4.78, 5) is 13.6. The van der Waals surface area contributed by atoms with Gasteiger partial charge in [-0.3, -0.25) is 4.79 Å². The van der Waals surface area contributed by atoms with Crippen molar-refractivity contribution in [2.24, 2.45) is 0 Å². The van der Waals surface area contributed by atoms with Gasteiger partial charge >= 0.3 is 0 Å². The number of nitrogens with zero attached hydrogens (tertiary/aromatic N) is 4. The Morgan fingerprint density at radius 1 is 1.26 bits per heavy atom. The highest BCUT2D eigenvalue weighted by molar-refractivity contribution is 5.94. The molecule has 0 atom stereocenters. The molecule has 2 aromatic heterocycles. The average molecular weight is 311 g/mol. The average Bonchev–Trinajstić information content (AvgIpc) is 3.24. The third kappa shape index (κ3) is 3.45. The quantitative estimate of drug-likeness (QED) is 0.782. The van der Waals surface area contributed by atoms with Gasteiger partial charge in [0.2, 0.25) is 5.82 Å². The van der Waals surface area contributed by atoms with E-state index < -0.39 is 0 Å². The van der Waals surface area contributed by atoms with E-state index in [0.29, 0.717) is 23.7 Å².